The number of hydrogen-bond acceptors (Lipinski definition) is 3. The highest BCUT2D eigenvalue weighted by Crippen LogP contribution is 2.31. The number of fused-ring (bicyclic) bond motifs is 2. The second kappa shape index (κ2) is 5.98. The van der Waals surface area contributed by atoms with E-state index in [2.05, 4.69) is 29.3 Å². The lowest BCUT2D eigenvalue weighted by Crippen LogP contribution is -2.47. The Balaban J connectivity index is 1.72. The van der Waals surface area contributed by atoms with Crippen molar-refractivity contribution in [2.24, 2.45) is 0 Å². The lowest BCUT2D eigenvalue weighted by molar-refractivity contribution is 0.140. The average Bonchev–Trinajstić information content (AvgIpc) is 2.80. The first-order chi connectivity index (χ1) is 10.1. The van der Waals surface area contributed by atoms with E-state index in [1.54, 1.807) is 0 Å². The normalized spacial score (nSPS) is 28.3. The summed E-state index contributed by atoms with van der Waals surface area (Å²) in [7, 11) is 0. The smallest absolute Gasteiger partial charge is 0.121 e. The molecular formula is C18H28N2O. The maximum atomic E-state index is 9.93. The lowest BCUT2D eigenvalue weighted by atomic mass is 9.97. The van der Waals surface area contributed by atoms with Crippen LogP contribution in [0.4, 0.5) is 0 Å². The van der Waals surface area contributed by atoms with E-state index in [1.807, 2.05) is 13.8 Å². The van der Waals surface area contributed by atoms with Crippen LogP contribution in [0.1, 0.15) is 49.3 Å². The van der Waals surface area contributed by atoms with E-state index < -0.39 is 0 Å². The molecule has 2 heterocycles. The number of rotatable bonds is 4. The van der Waals surface area contributed by atoms with Crippen LogP contribution in [0.25, 0.3) is 0 Å². The van der Waals surface area contributed by atoms with Gasteiger partial charge in [0.05, 0.1) is 0 Å². The number of aromatic hydroxyl groups is 1. The fourth-order valence-corrected chi connectivity index (χ4v) is 4.20. The van der Waals surface area contributed by atoms with Crippen LogP contribution in [-0.2, 0) is 6.54 Å². The van der Waals surface area contributed by atoms with Gasteiger partial charge in [-0.2, -0.15) is 0 Å². The molecule has 0 aliphatic carbocycles. The third-order valence-electron chi connectivity index (χ3n) is 5.31. The van der Waals surface area contributed by atoms with Gasteiger partial charge in [-0.25, -0.2) is 0 Å². The Labute approximate surface area is 128 Å². The maximum absolute atomic E-state index is 9.93. The van der Waals surface area contributed by atoms with Crippen molar-refractivity contribution in [3.05, 3.63) is 28.8 Å². The van der Waals surface area contributed by atoms with Gasteiger partial charge in [0.2, 0.25) is 0 Å². The highest BCUT2D eigenvalue weighted by molar-refractivity contribution is 5.42. The van der Waals surface area contributed by atoms with E-state index in [9.17, 15) is 5.11 Å². The van der Waals surface area contributed by atoms with Crippen LogP contribution in [0.3, 0.4) is 0 Å². The third kappa shape index (κ3) is 3.09. The first-order valence-corrected chi connectivity index (χ1v) is 8.36. The van der Waals surface area contributed by atoms with Crippen LogP contribution in [0.15, 0.2) is 12.1 Å². The first-order valence-electron chi connectivity index (χ1n) is 8.36. The topological polar surface area (TPSA) is 35.5 Å². The molecule has 0 amide bonds. The molecule has 0 spiro atoms. The van der Waals surface area contributed by atoms with E-state index in [0.717, 1.165) is 36.3 Å². The zero-order chi connectivity index (χ0) is 15.0. The first kappa shape index (κ1) is 14.9. The summed E-state index contributed by atoms with van der Waals surface area (Å²) in [5.74, 6) is 0.446. The van der Waals surface area contributed by atoms with Gasteiger partial charge in [-0.05, 0) is 62.8 Å². The number of benzene rings is 1. The number of hydrogen-bond donors (Lipinski definition) is 2. The average molecular weight is 288 g/mol. The van der Waals surface area contributed by atoms with E-state index in [-0.39, 0.29) is 0 Å². The summed E-state index contributed by atoms with van der Waals surface area (Å²) in [6.45, 7) is 8.36. The molecule has 0 aromatic heterocycles. The molecule has 2 bridgehead atoms. The summed E-state index contributed by atoms with van der Waals surface area (Å²) in [6.07, 6.45) is 5.30. The SMILES string of the molecule is CCN(Cc1cc(C)c(O)c(C)c1)C1CC2CCC(C1)N2. The monoisotopic (exact) mass is 288 g/mol. The van der Waals surface area contributed by atoms with Gasteiger partial charge < -0.3 is 10.4 Å². The molecule has 3 rings (SSSR count). The molecule has 2 aliphatic rings. The number of phenols is 1. The predicted octanol–water partition coefficient (Wildman–Crippen LogP) is 3.11. The summed E-state index contributed by atoms with van der Waals surface area (Å²) < 4.78 is 0. The predicted molar refractivity (Wildman–Crippen MR) is 86.6 cm³/mol. The molecule has 2 fully saturated rings. The van der Waals surface area contributed by atoms with Crippen molar-refractivity contribution in [3.63, 3.8) is 0 Å². The molecule has 2 unspecified atom stereocenters. The molecule has 0 radical (unpaired) electrons. The Morgan fingerprint density at radius 2 is 1.71 bits per heavy atom. The molecule has 0 saturated carbocycles. The van der Waals surface area contributed by atoms with Crippen LogP contribution in [0, 0.1) is 13.8 Å². The number of aryl methyl sites for hydroxylation is 2. The van der Waals surface area contributed by atoms with Crippen molar-refractivity contribution >= 4 is 0 Å². The fraction of sp³-hybridized carbons (Fsp3) is 0.667. The molecule has 2 atom stereocenters. The Kier molecular flexibility index (Phi) is 4.23. The lowest BCUT2D eigenvalue weighted by Gasteiger charge is -2.37. The van der Waals surface area contributed by atoms with E-state index in [1.165, 1.54) is 31.2 Å². The van der Waals surface area contributed by atoms with Gasteiger partial charge in [-0.1, -0.05) is 19.1 Å². The summed E-state index contributed by atoms with van der Waals surface area (Å²) in [4.78, 5) is 2.62. The van der Waals surface area contributed by atoms with Crippen LogP contribution in [-0.4, -0.2) is 34.7 Å². The summed E-state index contributed by atoms with van der Waals surface area (Å²) in [5, 5.41) is 13.7. The van der Waals surface area contributed by atoms with Gasteiger partial charge in [-0.15, -0.1) is 0 Å². The van der Waals surface area contributed by atoms with Crippen LogP contribution in [0.5, 0.6) is 5.75 Å². The highest BCUT2D eigenvalue weighted by Gasteiger charge is 2.35. The number of piperidine rings is 1. The van der Waals surface area contributed by atoms with Crippen molar-refractivity contribution in [2.45, 2.75) is 71.1 Å². The zero-order valence-corrected chi connectivity index (χ0v) is 13.5. The largest absolute Gasteiger partial charge is 0.507 e. The van der Waals surface area contributed by atoms with Crippen molar-refractivity contribution in [3.8, 4) is 5.75 Å². The van der Waals surface area contributed by atoms with Crippen LogP contribution >= 0.6 is 0 Å². The Bertz CT molecular complexity index is 479. The zero-order valence-electron chi connectivity index (χ0n) is 13.5. The molecule has 1 aromatic carbocycles. The fourth-order valence-electron chi connectivity index (χ4n) is 4.20. The summed E-state index contributed by atoms with van der Waals surface area (Å²) in [5.41, 5.74) is 3.31. The molecule has 1 aromatic rings. The van der Waals surface area contributed by atoms with Gasteiger partial charge in [-0.3, -0.25) is 4.90 Å². The number of phenolic OH excluding ortho intramolecular Hbond substituents is 1. The Hall–Kier alpha value is -1.06. The third-order valence-corrected chi connectivity index (χ3v) is 5.31. The molecule has 2 saturated heterocycles. The molecular weight excluding hydrogens is 260 g/mol. The molecule has 21 heavy (non-hydrogen) atoms. The second-order valence-corrected chi connectivity index (χ2v) is 6.90. The van der Waals surface area contributed by atoms with E-state index >= 15 is 0 Å². The van der Waals surface area contributed by atoms with Crippen molar-refractivity contribution in [1.82, 2.24) is 10.2 Å². The van der Waals surface area contributed by atoms with Crippen molar-refractivity contribution < 1.29 is 5.11 Å². The minimum absolute atomic E-state index is 0.446. The van der Waals surface area contributed by atoms with Gasteiger partial charge in [0, 0.05) is 24.7 Å². The number of nitrogens with zero attached hydrogens (tertiary/aromatic N) is 1. The standard InChI is InChI=1S/C18H28N2O/c1-4-20(17-9-15-5-6-16(10-17)19-15)11-14-7-12(2)18(21)13(3)8-14/h7-8,15-17,19,21H,4-6,9-11H2,1-3H3. The van der Waals surface area contributed by atoms with E-state index in [4.69, 9.17) is 0 Å². The Morgan fingerprint density at radius 3 is 2.24 bits per heavy atom. The summed E-state index contributed by atoms with van der Waals surface area (Å²) >= 11 is 0. The minimum Gasteiger partial charge on any atom is -0.507 e. The number of nitrogens with one attached hydrogen (secondary N) is 1. The van der Waals surface area contributed by atoms with Gasteiger partial charge >= 0.3 is 0 Å². The summed E-state index contributed by atoms with van der Waals surface area (Å²) in [6, 6.07) is 6.47. The van der Waals surface area contributed by atoms with Crippen molar-refractivity contribution in [1.29, 1.82) is 0 Å². The van der Waals surface area contributed by atoms with Gasteiger partial charge in [0.15, 0.2) is 0 Å². The van der Waals surface area contributed by atoms with Crippen LogP contribution < -0.4 is 5.32 Å². The maximum Gasteiger partial charge on any atom is 0.121 e. The molecule has 3 heteroatoms. The van der Waals surface area contributed by atoms with Gasteiger partial charge in [0.25, 0.3) is 0 Å². The minimum atomic E-state index is 0.446. The Morgan fingerprint density at radius 1 is 1.14 bits per heavy atom. The molecule has 116 valence electrons. The van der Waals surface area contributed by atoms with Gasteiger partial charge in [0.1, 0.15) is 5.75 Å². The highest BCUT2D eigenvalue weighted by atomic mass is 16.3. The quantitative estimate of drug-likeness (QED) is 0.893. The van der Waals surface area contributed by atoms with Crippen molar-refractivity contribution in [2.75, 3.05) is 6.54 Å². The molecule has 2 N–H and O–H groups in total. The molecule has 2 aliphatic heterocycles. The second-order valence-electron chi connectivity index (χ2n) is 6.90. The van der Waals surface area contributed by atoms with E-state index in [0.29, 0.717) is 11.8 Å². The van der Waals surface area contributed by atoms with Crippen LogP contribution in [0.2, 0.25) is 0 Å². The molecule has 3 nitrogen and oxygen atoms in total.